The molecule has 0 fully saturated rings. The van der Waals surface area contributed by atoms with Crippen LogP contribution in [0.4, 0.5) is 0 Å². The summed E-state index contributed by atoms with van der Waals surface area (Å²) in [4.78, 5) is 0.138. The van der Waals surface area contributed by atoms with E-state index < -0.39 is 0 Å². The second-order valence-corrected chi connectivity index (χ2v) is 5.92. The molecule has 1 nitrogen and oxygen atoms in total. The van der Waals surface area contributed by atoms with Gasteiger partial charge in [0.25, 0.3) is 0 Å². The molecule has 0 bridgehead atoms. The van der Waals surface area contributed by atoms with Crippen LogP contribution in [0.1, 0.15) is 27.1 Å². The number of methoxy groups -OCH3 is 1. The van der Waals surface area contributed by atoms with Gasteiger partial charge in [-0.15, -0.1) is 0 Å². The molecule has 0 aliphatic heterocycles. The van der Waals surface area contributed by atoms with Gasteiger partial charge >= 0.3 is 0 Å². The third-order valence-corrected chi connectivity index (χ3v) is 4.64. The van der Waals surface area contributed by atoms with Crippen molar-refractivity contribution in [1.82, 2.24) is 0 Å². The van der Waals surface area contributed by atoms with Gasteiger partial charge in [0.05, 0.1) is 11.9 Å². The van der Waals surface area contributed by atoms with Crippen LogP contribution in [0.15, 0.2) is 36.4 Å². The maximum Gasteiger partial charge on any atom is 0.119 e. The Morgan fingerprint density at radius 3 is 2.53 bits per heavy atom. The zero-order valence-electron chi connectivity index (χ0n) is 11.2. The van der Waals surface area contributed by atoms with Crippen molar-refractivity contribution in [2.75, 3.05) is 7.11 Å². The first-order chi connectivity index (χ1) is 9.02. The molecular weight excluding hydrogens is 324 g/mol. The summed E-state index contributed by atoms with van der Waals surface area (Å²) >= 11 is 9.92. The molecule has 2 aromatic rings. The number of halogens is 2. The van der Waals surface area contributed by atoms with Gasteiger partial charge in [-0.1, -0.05) is 45.7 Å². The van der Waals surface area contributed by atoms with Crippen molar-refractivity contribution in [1.29, 1.82) is 0 Å². The minimum atomic E-state index is 0.138. The first-order valence-corrected chi connectivity index (χ1v) is 7.37. The zero-order valence-corrected chi connectivity index (χ0v) is 13.5. The molecule has 0 aromatic heterocycles. The van der Waals surface area contributed by atoms with Gasteiger partial charge in [-0.05, 0) is 54.3 Å². The van der Waals surface area contributed by atoms with Gasteiger partial charge in [0.2, 0.25) is 0 Å². The molecule has 1 unspecified atom stereocenters. The van der Waals surface area contributed by atoms with E-state index in [9.17, 15) is 0 Å². The third-order valence-electron chi connectivity index (χ3n) is 3.21. The van der Waals surface area contributed by atoms with Crippen LogP contribution >= 0.6 is 27.5 Å². The van der Waals surface area contributed by atoms with E-state index in [0.29, 0.717) is 0 Å². The lowest BCUT2D eigenvalue weighted by Crippen LogP contribution is -1.98. The molecule has 0 spiro atoms. The van der Waals surface area contributed by atoms with Crippen LogP contribution in [-0.2, 0) is 0 Å². The highest BCUT2D eigenvalue weighted by molar-refractivity contribution is 9.09. The molecule has 2 rings (SSSR count). The molecule has 1 atom stereocenters. The predicted molar refractivity (Wildman–Crippen MR) is 84.7 cm³/mol. The molecule has 3 heteroatoms. The van der Waals surface area contributed by atoms with Gasteiger partial charge < -0.3 is 4.74 Å². The van der Waals surface area contributed by atoms with Crippen LogP contribution in [0.5, 0.6) is 5.75 Å². The lowest BCUT2D eigenvalue weighted by Gasteiger charge is -2.16. The molecule has 0 amide bonds. The summed E-state index contributed by atoms with van der Waals surface area (Å²) in [6, 6.07) is 12.2. The molecule has 0 N–H and O–H groups in total. The van der Waals surface area contributed by atoms with Gasteiger partial charge in [0.1, 0.15) is 5.75 Å². The molecule has 0 heterocycles. The molecular formula is C16H16BrClO. The molecule has 0 aliphatic rings. The average Bonchev–Trinajstić information content (AvgIpc) is 2.42. The number of hydrogen-bond donors (Lipinski definition) is 0. The highest BCUT2D eigenvalue weighted by Gasteiger charge is 2.14. The molecule has 0 saturated heterocycles. The van der Waals surface area contributed by atoms with Crippen LogP contribution in [-0.4, -0.2) is 7.11 Å². The van der Waals surface area contributed by atoms with Crippen LogP contribution in [0.3, 0.4) is 0 Å². The SMILES string of the molecule is COc1cccc(C(Br)c2cc(C)c(Cl)cc2C)c1. The Balaban J connectivity index is 2.43. The second-order valence-electron chi connectivity index (χ2n) is 4.60. The summed E-state index contributed by atoms with van der Waals surface area (Å²) in [6.45, 7) is 4.10. The van der Waals surface area contributed by atoms with Gasteiger partial charge in [-0.25, -0.2) is 0 Å². The zero-order chi connectivity index (χ0) is 14.0. The number of alkyl halides is 1. The minimum Gasteiger partial charge on any atom is -0.497 e. The quantitative estimate of drug-likeness (QED) is 0.676. The largest absolute Gasteiger partial charge is 0.497 e. The Hall–Kier alpha value is -0.990. The standard InChI is InChI=1S/C16H16BrClO/c1-10-8-15(18)11(2)7-14(10)16(17)12-5-4-6-13(9-12)19-3/h4-9,16H,1-3H3. The Bertz CT molecular complexity index is 595. The summed E-state index contributed by atoms with van der Waals surface area (Å²) in [5.74, 6) is 0.866. The molecule has 0 aliphatic carbocycles. The average molecular weight is 340 g/mol. The molecule has 0 saturated carbocycles. The first kappa shape index (κ1) is 14.4. The number of hydrogen-bond acceptors (Lipinski definition) is 1. The van der Waals surface area contributed by atoms with E-state index in [1.807, 2.05) is 31.2 Å². The van der Waals surface area contributed by atoms with Crippen molar-refractivity contribution < 1.29 is 4.74 Å². The Kier molecular flexibility index (Phi) is 4.54. The topological polar surface area (TPSA) is 9.23 Å². The number of ether oxygens (including phenoxy) is 1. The maximum absolute atomic E-state index is 6.15. The van der Waals surface area contributed by atoms with Crippen molar-refractivity contribution in [2.24, 2.45) is 0 Å². The molecule has 2 aromatic carbocycles. The van der Waals surface area contributed by atoms with E-state index in [2.05, 4.69) is 35.0 Å². The van der Waals surface area contributed by atoms with E-state index in [0.717, 1.165) is 16.3 Å². The van der Waals surface area contributed by atoms with Crippen LogP contribution < -0.4 is 4.74 Å². The fourth-order valence-electron chi connectivity index (χ4n) is 2.06. The fraction of sp³-hybridized carbons (Fsp3) is 0.250. The lowest BCUT2D eigenvalue weighted by molar-refractivity contribution is 0.414. The van der Waals surface area contributed by atoms with Crippen LogP contribution in [0.2, 0.25) is 5.02 Å². The van der Waals surface area contributed by atoms with Crippen molar-refractivity contribution in [3.8, 4) is 5.75 Å². The molecule has 0 radical (unpaired) electrons. The normalized spacial score (nSPS) is 12.3. The van der Waals surface area contributed by atoms with Crippen molar-refractivity contribution in [3.63, 3.8) is 0 Å². The summed E-state index contributed by atoms with van der Waals surface area (Å²) in [7, 11) is 1.68. The van der Waals surface area contributed by atoms with Gasteiger partial charge in [0, 0.05) is 5.02 Å². The Labute approximate surface area is 127 Å². The van der Waals surface area contributed by atoms with E-state index in [1.165, 1.54) is 16.7 Å². The van der Waals surface area contributed by atoms with Gasteiger partial charge in [-0.3, -0.25) is 0 Å². The van der Waals surface area contributed by atoms with Gasteiger partial charge in [0.15, 0.2) is 0 Å². The number of rotatable bonds is 3. The minimum absolute atomic E-state index is 0.138. The number of benzene rings is 2. The Morgan fingerprint density at radius 2 is 1.84 bits per heavy atom. The van der Waals surface area contributed by atoms with Crippen LogP contribution in [0, 0.1) is 13.8 Å². The summed E-state index contributed by atoms with van der Waals surface area (Å²) in [5, 5.41) is 0.812. The fourth-order valence-corrected chi connectivity index (χ4v) is 3.05. The van der Waals surface area contributed by atoms with E-state index in [-0.39, 0.29) is 4.83 Å². The van der Waals surface area contributed by atoms with E-state index in [4.69, 9.17) is 16.3 Å². The maximum atomic E-state index is 6.15. The highest BCUT2D eigenvalue weighted by Crippen LogP contribution is 2.36. The van der Waals surface area contributed by atoms with E-state index in [1.54, 1.807) is 7.11 Å². The van der Waals surface area contributed by atoms with E-state index >= 15 is 0 Å². The number of aryl methyl sites for hydroxylation is 2. The predicted octanol–water partition coefficient (Wildman–Crippen LogP) is 5.45. The third kappa shape index (κ3) is 3.13. The lowest BCUT2D eigenvalue weighted by atomic mass is 9.98. The van der Waals surface area contributed by atoms with Crippen molar-refractivity contribution >= 4 is 27.5 Å². The van der Waals surface area contributed by atoms with Gasteiger partial charge in [-0.2, -0.15) is 0 Å². The smallest absolute Gasteiger partial charge is 0.119 e. The van der Waals surface area contributed by atoms with Crippen LogP contribution in [0.25, 0.3) is 0 Å². The summed E-state index contributed by atoms with van der Waals surface area (Å²) < 4.78 is 5.27. The van der Waals surface area contributed by atoms with Crippen molar-refractivity contribution in [3.05, 3.63) is 63.7 Å². The second kappa shape index (κ2) is 5.98. The Morgan fingerprint density at radius 1 is 1.11 bits per heavy atom. The molecule has 100 valence electrons. The monoisotopic (exact) mass is 338 g/mol. The summed E-state index contributed by atoms with van der Waals surface area (Å²) in [6.07, 6.45) is 0. The first-order valence-electron chi connectivity index (χ1n) is 6.07. The molecule has 19 heavy (non-hydrogen) atoms. The highest BCUT2D eigenvalue weighted by atomic mass is 79.9. The summed E-state index contributed by atoms with van der Waals surface area (Å²) in [5.41, 5.74) is 4.68. The van der Waals surface area contributed by atoms with Crippen molar-refractivity contribution in [2.45, 2.75) is 18.7 Å².